The van der Waals surface area contributed by atoms with Gasteiger partial charge in [-0.2, -0.15) is 0 Å². The van der Waals surface area contributed by atoms with E-state index < -0.39 is 0 Å². The molecule has 0 heterocycles. The summed E-state index contributed by atoms with van der Waals surface area (Å²) in [6, 6.07) is 9.18. The summed E-state index contributed by atoms with van der Waals surface area (Å²) in [6.45, 7) is 11.8. The van der Waals surface area contributed by atoms with E-state index in [1.807, 2.05) is 0 Å². The minimum atomic E-state index is 0.582. The highest BCUT2D eigenvalue weighted by Crippen LogP contribution is 2.27. The first kappa shape index (κ1) is 17.2. The lowest BCUT2D eigenvalue weighted by Gasteiger charge is -2.24. The lowest BCUT2D eigenvalue weighted by atomic mass is 9.84. The van der Waals surface area contributed by atoms with Crippen molar-refractivity contribution in [2.24, 2.45) is 5.92 Å². The van der Waals surface area contributed by atoms with Gasteiger partial charge in [0.25, 0.3) is 0 Å². The van der Waals surface area contributed by atoms with Crippen LogP contribution in [0.1, 0.15) is 57.1 Å². The predicted molar refractivity (Wildman–Crippen MR) is 87.5 cm³/mol. The molecule has 1 rings (SSSR count). The van der Waals surface area contributed by atoms with Crippen LogP contribution in [-0.2, 0) is 4.74 Å². The molecule has 2 unspecified atom stereocenters. The zero-order valence-corrected chi connectivity index (χ0v) is 13.8. The standard InChI is InChI=1S/C18H31NO/c1-6-15(4)18(13-19-11-12-20-5)17-9-7-16(8-10-17)14(2)3/h7-10,14-15,18-19H,6,11-13H2,1-5H3. The second-order valence-corrected chi connectivity index (χ2v) is 6.01. The zero-order chi connectivity index (χ0) is 15.0. The number of methoxy groups -OCH3 is 1. The number of benzene rings is 1. The highest BCUT2D eigenvalue weighted by Gasteiger charge is 2.17. The van der Waals surface area contributed by atoms with Crippen molar-refractivity contribution in [3.05, 3.63) is 35.4 Å². The third kappa shape index (κ3) is 5.26. The van der Waals surface area contributed by atoms with Gasteiger partial charge in [0.05, 0.1) is 6.61 Å². The molecule has 20 heavy (non-hydrogen) atoms. The van der Waals surface area contributed by atoms with E-state index in [2.05, 4.69) is 57.3 Å². The second kappa shape index (κ2) is 9.15. The van der Waals surface area contributed by atoms with Gasteiger partial charge in [-0.3, -0.25) is 0 Å². The van der Waals surface area contributed by atoms with Crippen molar-refractivity contribution in [1.29, 1.82) is 0 Å². The van der Waals surface area contributed by atoms with E-state index in [1.54, 1.807) is 7.11 Å². The van der Waals surface area contributed by atoms with Crippen LogP contribution < -0.4 is 5.32 Å². The largest absolute Gasteiger partial charge is 0.383 e. The Labute approximate surface area is 124 Å². The third-order valence-electron chi connectivity index (χ3n) is 4.21. The summed E-state index contributed by atoms with van der Waals surface area (Å²) in [5.74, 6) is 1.87. The van der Waals surface area contributed by atoms with Crippen LogP contribution in [0.15, 0.2) is 24.3 Å². The molecule has 0 bridgehead atoms. The maximum atomic E-state index is 5.10. The number of hydrogen-bond donors (Lipinski definition) is 1. The fourth-order valence-corrected chi connectivity index (χ4v) is 2.49. The van der Waals surface area contributed by atoms with E-state index in [1.165, 1.54) is 17.5 Å². The van der Waals surface area contributed by atoms with Crippen LogP contribution >= 0.6 is 0 Å². The average Bonchev–Trinajstić information content (AvgIpc) is 2.47. The molecule has 0 spiro atoms. The maximum Gasteiger partial charge on any atom is 0.0587 e. The molecule has 0 radical (unpaired) electrons. The first-order valence-corrected chi connectivity index (χ1v) is 7.89. The normalized spacial score (nSPS) is 14.5. The van der Waals surface area contributed by atoms with Crippen molar-refractivity contribution >= 4 is 0 Å². The molecule has 0 aromatic heterocycles. The summed E-state index contributed by atoms with van der Waals surface area (Å²) >= 11 is 0. The Bertz CT molecular complexity index is 358. The Morgan fingerprint density at radius 3 is 2.15 bits per heavy atom. The van der Waals surface area contributed by atoms with Gasteiger partial charge in [-0.1, -0.05) is 58.4 Å². The highest BCUT2D eigenvalue weighted by molar-refractivity contribution is 5.27. The van der Waals surface area contributed by atoms with Gasteiger partial charge in [-0.25, -0.2) is 0 Å². The molecule has 2 atom stereocenters. The van der Waals surface area contributed by atoms with Crippen molar-refractivity contribution in [3.8, 4) is 0 Å². The quantitative estimate of drug-likeness (QED) is 0.684. The first-order chi connectivity index (χ1) is 9.60. The van der Waals surface area contributed by atoms with Crippen LogP contribution in [0.5, 0.6) is 0 Å². The fourth-order valence-electron chi connectivity index (χ4n) is 2.49. The zero-order valence-electron chi connectivity index (χ0n) is 13.8. The van der Waals surface area contributed by atoms with Gasteiger partial charge in [0, 0.05) is 20.2 Å². The molecule has 0 fully saturated rings. The molecule has 2 heteroatoms. The lowest BCUT2D eigenvalue weighted by Crippen LogP contribution is -2.28. The van der Waals surface area contributed by atoms with Crippen LogP contribution in [0, 0.1) is 5.92 Å². The van der Waals surface area contributed by atoms with Gasteiger partial charge < -0.3 is 10.1 Å². The van der Waals surface area contributed by atoms with Gasteiger partial charge in [-0.15, -0.1) is 0 Å². The lowest BCUT2D eigenvalue weighted by molar-refractivity contribution is 0.198. The highest BCUT2D eigenvalue weighted by atomic mass is 16.5. The van der Waals surface area contributed by atoms with Crippen LogP contribution in [-0.4, -0.2) is 26.8 Å². The Morgan fingerprint density at radius 1 is 1.05 bits per heavy atom. The van der Waals surface area contributed by atoms with Crippen molar-refractivity contribution in [3.63, 3.8) is 0 Å². The molecule has 1 N–H and O–H groups in total. The molecule has 0 aliphatic heterocycles. The summed E-state index contributed by atoms with van der Waals surface area (Å²) in [6.07, 6.45) is 1.21. The van der Waals surface area contributed by atoms with E-state index >= 15 is 0 Å². The Kier molecular flexibility index (Phi) is 7.86. The monoisotopic (exact) mass is 277 g/mol. The molecule has 114 valence electrons. The summed E-state index contributed by atoms with van der Waals surface area (Å²) in [7, 11) is 1.75. The molecule has 0 aliphatic rings. The molecule has 0 saturated heterocycles. The van der Waals surface area contributed by atoms with Gasteiger partial charge in [0.15, 0.2) is 0 Å². The van der Waals surface area contributed by atoms with Gasteiger partial charge in [0.2, 0.25) is 0 Å². The van der Waals surface area contributed by atoms with Crippen molar-refractivity contribution in [1.82, 2.24) is 5.32 Å². The first-order valence-electron chi connectivity index (χ1n) is 7.89. The Morgan fingerprint density at radius 2 is 1.65 bits per heavy atom. The minimum absolute atomic E-state index is 0.582. The van der Waals surface area contributed by atoms with Crippen molar-refractivity contribution in [2.45, 2.75) is 46.0 Å². The van der Waals surface area contributed by atoms with E-state index in [0.29, 0.717) is 17.8 Å². The average molecular weight is 277 g/mol. The van der Waals surface area contributed by atoms with E-state index in [0.717, 1.165) is 19.7 Å². The van der Waals surface area contributed by atoms with Gasteiger partial charge >= 0.3 is 0 Å². The van der Waals surface area contributed by atoms with Crippen LogP contribution in [0.4, 0.5) is 0 Å². The molecule has 1 aromatic rings. The summed E-state index contributed by atoms with van der Waals surface area (Å²) in [5.41, 5.74) is 2.87. The number of hydrogen-bond acceptors (Lipinski definition) is 2. The minimum Gasteiger partial charge on any atom is -0.383 e. The molecular formula is C18H31NO. The summed E-state index contributed by atoms with van der Waals surface area (Å²) in [5, 5.41) is 3.51. The molecular weight excluding hydrogens is 246 g/mol. The fraction of sp³-hybridized carbons (Fsp3) is 0.667. The van der Waals surface area contributed by atoms with Crippen LogP contribution in [0.2, 0.25) is 0 Å². The molecule has 1 aromatic carbocycles. The van der Waals surface area contributed by atoms with Crippen molar-refractivity contribution in [2.75, 3.05) is 26.8 Å². The Hall–Kier alpha value is -0.860. The van der Waals surface area contributed by atoms with Crippen molar-refractivity contribution < 1.29 is 4.74 Å². The third-order valence-corrected chi connectivity index (χ3v) is 4.21. The number of ether oxygens (including phenoxy) is 1. The molecule has 0 aliphatic carbocycles. The van der Waals surface area contributed by atoms with Crippen LogP contribution in [0.3, 0.4) is 0 Å². The SMILES string of the molecule is CCC(C)C(CNCCOC)c1ccc(C(C)C)cc1. The number of nitrogens with one attached hydrogen (secondary N) is 1. The molecule has 0 amide bonds. The van der Waals surface area contributed by atoms with Gasteiger partial charge in [0.1, 0.15) is 0 Å². The number of rotatable bonds is 9. The second-order valence-electron chi connectivity index (χ2n) is 6.01. The topological polar surface area (TPSA) is 21.3 Å². The molecule has 0 saturated carbocycles. The smallest absolute Gasteiger partial charge is 0.0587 e. The van der Waals surface area contributed by atoms with E-state index in [-0.39, 0.29) is 0 Å². The summed E-state index contributed by atoms with van der Waals surface area (Å²) < 4.78 is 5.10. The Balaban J connectivity index is 2.71. The predicted octanol–water partition coefficient (Wildman–Crippen LogP) is 4.18. The summed E-state index contributed by atoms with van der Waals surface area (Å²) in [4.78, 5) is 0. The van der Waals surface area contributed by atoms with Crippen LogP contribution in [0.25, 0.3) is 0 Å². The maximum absolute atomic E-state index is 5.10. The van der Waals surface area contributed by atoms with E-state index in [9.17, 15) is 0 Å². The van der Waals surface area contributed by atoms with Gasteiger partial charge in [-0.05, 0) is 28.9 Å². The van der Waals surface area contributed by atoms with E-state index in [4.69, 9.17) is 4.74 Å². The molecule has 2 nitrogen and oxygen atoms in total.